The number of nitrogens with two attached hydrogens (primary N) is 1. The predicted octanol–water partition coefficient (Wildman–Crippen LogP) is 3.17. The first kappa shape index (κ1) is 10.2. The van der Waals surface area contributed by atoms with Crippen LogP contribution in [0.3, 0.4) is 0 Å². The number of nitrogen functional groups attached to an aromatic ring is 1. The molecular weight excluding hydrogens is 215 g/mol. The highest BCUT2D eigenvalue weighted by atomic mass is 35.5. The zero-order valence-electron chi connectivity index (χ0n) is 8.22. The summed E-state index contributed by atoms with van der Waals surface area (Å²) in [4.78, 5) is 4.03. The van der Waals surface area contributed by atoms with E-state index in [4.69, 9.17) is 17.3 Å². The van der Waals surface area contributed by atoms with E-state index >= 15 is 0 Å². The maximum atomic E-state index is 13.5. The molecule has 0 saturated carbocycles. The van der Waals surface area contributed by atoms with Gasteiger partial charge in [0.15, 0.2) is 5.82 Å². The van der Waals surface area contributed by atoms with Crippen molar-refractivity contribution >= 4 is 28.3 Å². The zero-order chi connectivity index (χ0) is 11.0. The number of rotatable bonds is 1. The molecule has 1 aromatic carbocycles. The summed E-state index contributed by atoms with van der Waals surface area (Å²) >= 11 is 5.76. The molecule has 15 heavy (non-hydrogen) atoms. The first-order valence-electron chi connectivity index (χ1n) is 4.66. The predicted molar refractivity (Wildman–Crippen MR) is 60.5 cm³/mol. The Bertz CT molecular complexity index is 525. The lowest BCUT2D eigenvalue weighted by atomic mass is 10.1. The summed E-state index contributed by atoms with van der Waals surface area (Å²) in [6.07, 6.45) is 0.767. The largest absolute Gasteiger partial charge is 0.383 e. The third-order valence-electron chi connectivity index (χ3n) is 2.33. The fraction of sp³-hybridized carbons (Fsp3) is 0.182. The standard InChI is InChI=1S/C11H10ClFN2/c1-2-6-3-7-4-8(12)5-9(13)10(7)15-11(6)14/h3-5H,2H2,1H3,(H2,14,15). The van der Waals surface area contributed by atoms with Gasteiger partial charge in [0.2, 0.25) is 0 Å². The maximum absolute atomic E-state index is 13.5. The second-order valence-electron chi connectivity index (χ2n) is 3.35. The van der Waals surface area contributed by atoms with Crippen molar-refractivity contribution in [3.05, 3.63) is 34.6 Å². The van der Waals surface area contributed by atoms with Gasteiger partial charge in [-0.25, -0.2) is 9.37 Å². The van der Waals surface area contributed by atoms with Gasteiger partial charge in [0.1, 0.15) is 11.3 Å². The molecule has 2 nitrogen and oxygen atoms in total. The number of halogens is 2. The van der Waals surface area contributed by atoms with Crippen LogP contribution in [0.5, 0.6) is 0 Å². The van der Waals surface area contributed by atoms with Gasteiger partial charge in [-0.1, -0.05) is 18.5 Å². The average Bonchev–Trinajstić information content (AvgIpc) is 2.18. The number of aromatic nitrogens is 1. The second kappa shape index (κ2) is 3.66. The third kappa shape index (κ3) is 1.75. The molecule has 0 aliphatic heterocycles. The van der Waals surface area contributed by atoms with Gasteiger partial charge < -0.3 is 5.73 Å². The first-order valence-corrected chi connectivity index (χ1v) is 5.03. The molecule has 0 aliphatic carbocycles. The van der Waals surface area contributed by atoms with E-state index in [0.717, 1.165) is 12.0 Å². The van der Waals surface area contributed by atoms with Gasteiger partial charge in [-0.15, -0.1) is 0 Å². The Labute approximate surface area is 91.9 Å². The molecule has 1 heterocycles. The highest BCUT2D eigenvalue weighted by molar-refractivity contribution is 6.31. The lowest BCUT2D eigenvalue weighted by molar-refractivity contribution is 0.637. The number of fused-ring (bicyclic) bond motifs is 1. The molecule has 0 radical (unpaired) electrons. The molecular formula is C11H10ClFN2. The molecule has 2 N–H and O–H groups in total. The summed E-state index contributed by atoms with van der Waals surface area (Å²) in [5, 5.41) is 1.06. The monoisotopic (exact) mass is 224 g/mol. The van der Waals surface area contributed by atoms with Gasteiger partial charge in [-0.05, 0) is 30.2 Å². The van der Waals surface area contributed by atoms with Crippen molar-refractivity contribution < 1.29 is 4.39 Å². The van der Waals surface area contributed by atoms with E-state index in [0.29, 0.717) is 16.2 Å². The minimum Gasteiger partial charge on any atom is -0.383 e. The molecule has 78 valence electrons. The highest BCUT2D eigenvalue weighted by Gasteiger charge is 2.07. The Morgan fingerprint density at radius 1 is 1.40 bits per heavy atom. The molecule has 0 atom stereocenters. The smallest absolute Gasteiger partial charge is 0.150 e. The number of aryl methyl sites for hydroxylation is 1. The van der Waals surface area contributed by atoms with Crippen molar-refractivity contribution in [1.29, 1.82) is 0 Å². The molecule has 4 heteroatoms. The number of anilines is 1. The van der Waals surface area contributed by atoms with Crippen LogP contribution in [-0.4, -0.2) is 4.98 Å². The van der Waals surface area contributed by atoms with Crippen LogP contribution in [0.4, 0.5) is 10.2 Å². The molecule has 2 aromatic rings. The SMILES string of the molecule is CCc1cc2cc(Cl)cc(F)c2nc1N. The number of hydrogen-bond donors (Lipinski definition) is 1. The Balaban J connectivity index is 2.81. The fourth-order valence-corrected chi connectivity index (χ4v) is 1.76. The molecule has 0 spiro atoms. The van der Waals surface area contributed by atoms with E-state index < -0.39 is 5.82 Å². The maximum Gasteiger partial charge on any atom is 0.150 e. The molecule has 0 amide bonds. The van der Waals surface area contributed by atoms with Crippen molar-refractivity contribution in [1.82, 2.24) is 4.98 Å². The Morgan fingerprint density at radius 3 is 2.80 bits per heavy atom. The normalized spacial score (nSPS) is 10.9. The van der Waals surface area contributed by atoms with Crippen molar-refractivity contribution in [2.24, 2.45) is 0 Å². The number of pyridine rings is 1. The quantitative estimate of drug-likeness (QED) is 0.808. The third-order valence-corrected chi connectivity index (χ3v) is 2.55. The van der Waals surface area contributed by atoms with Crippen molar-refractivity contribution in [2.45, 2.75) is 13.3 Å². The molecule has 0 saturated heterocycles. The van der Waals surface area contributed by atoms with E-state index in [1.807, 2.05) is 13.0 Å². The lowest BCUT2D eigenvalue weighted by Crippen LogP contribution is -1.98. The van der Waals surface area contributed by atoms with Crippen LogP contribution in [0.25, 0.3) is 10.9 Å². The van der Waals surface area contributed by atoms with Crippen molar-refractivity contribution in [2.75, 3.05) is 5.73 Å². The van der Waals surface area contributed by atoms with Gasteiger partial charge in [0.05, 0.1) is 0 Å². The molecule has 0 unspecified atom stereocenters. The Hall–Kier alpha value is -1.35. The highest BCUT2D eigenvalue weighted by Crippen LogP contribution is 2.24. The number of nitrogens with zero attached hydrogens (tertiary/aromatic N) is 1. The Morgan fingerprint density at radius 2 is 2.13 bits per heavy atom. The van der Waals surface area contributed by atoms with Crippen LogP contribution < -0.4 is 5.73 Å². The first-order chi connectivity index (χ1) is 7.11. The zero-order valence-corrected chi connectivity index (χ0v) is 8.98. The van der Waals surface area contributed by atoms with Gasteiger partial charge in [0.25, 0.3) is 0 Å². The van der Waals surface area contributed by atoms with E-state index in [-0.39, 0.29) is 5.52 Å². The molecule has 0 bridgehead atoms. The Kier molecular flexibility index (Phi) is 2.49. The van der Waals surface area contributed by atoms with Crippen LogP contribution in [0.15, 0.2) is 18.2 Å². The minimum absolute atomic E-state index is 0.272. The van der Waals surface area contributed by atoms with Crippen molar-refractivity contribution in [3.8, 4) is 0 Å². The molecule has 0 fully saturated rings. The van der Waals surface area contributed by atoms with Crippen LogP contribution in [0, 0.1) is 5.82 Å². The summed E-state index contributed by atoms with van der Waals surface area (Å²) in [5.74, 6) is -0.0573. The second-order valence-corrected chi connectivity index (χ2v) is 3.78. The van der Waals surface area contributed by atoms with E-state index in [1.165, 1.54) is 6.07 Å². The summed E-state index contributed by atoms with van der Waals surface area (Å²) in [6.45, 7) is 1.97. The minimum atomic E-state index is -0.438. The topological polar surface area (TPSA) is 38.9 Å². The van der Waals surface area contributed by atoms with Crippen LogP contribution in [0.1, 0.15) is 12.5 Å². The van der Waals surface area contributed by atoms with Gasteiger partial charge in [0, 0.05) is 10.4 Å². The average molecular weight is 225 g/mol. The molecule has 1 aromatic heterocycles. The summed E-state index contributed by atoms with van der Waals surface area (Å²) in [6, 6.07) is 4.75. The van der Waals surface area contributed by atoms with Gasteiger partial charge in [-0.2, -0.15) is 0 Å². The van der Waals surface area contributed by atoms with E-state index in [1.54, 1.807) is 6.07 Å². The fourth-order valence-electron chi connectivity index (χ4n) is 1.55. The van der Waals surface area contributed by atoms with Crippen LogP contribution in [-0.2, 0) is 6.42 Å². The van der Waals surface area contributed by atoms with E-state index in [9.17, 15) is 4.39 Å². The summed E-state index contributed by atoms with van der Waals surface area (Å²) in [5.41, 5.74) is 6.87. The summed E-state index contributed by atoms with van der Waals surface area (Å²) < 4.78 is 13.5. The molecule has 0 aliphatic rings. The molecule has 2 rings (SSSR count). The van der Waals surface area contributed by atoms with Crippen LogP contribution in [0.2, 0.25) is 5.02 Å². The van der Waals surface area contributed by atoms with Crippen molar-refractivity contribution in [3.63, 3.8) is 0 Å². The lowest BCUT2D eigenvalue weighted by Gasteiger charge is -2.05. The number of hydrogen-bond acceptors (Lipinski definition) is 2. The van der Waals surface area contributed by atoms with Gasteiger partial charge >= 0.3 is 0 Å². The summed E-state index contributed by atoms with van der Waals surface area (Å²) in [7, 11) is 0. The van der Waals surface area contributed by atoms with Gasteiger partial charge in [-0.3, -0.25) is 0 Å². The van der Waals surface area contributed by atoms with E-state index in [2.05, 4.69) is 4.98 Å². The number of benzene rings is 1. The van der Waals surface area contributed by atoms with Crippen LogP contribution >= 0.6 is 11.6 Å².